The van der Waals surface area contributed by atoms with Crippen LogP contribution in [-0.4, -0.2) is 0 Å². The van der Waals surface area contributed by atoms with Crippen LogP contribution in [0.15, 0.2) is 54.6 Å². The molecule has 8 aliphatic rings. The van der Waals surface area contributed by atoms with Crippen LogP contribution in [0, 0.1) is 10.8 Å². The number of aryl methyl sites for hydroxylation is 2. The maximum absolute atomic E-state index is 3.02. The molecule has 2 heterocycles. The standard InChI is InChI=1S/C63H50S2/c1-5-9-11-13-37(38-16-14-35(7-3)64-38)60-24-31-20-28-19-29-23-34-27-61-26-33-22-30-21-32(25-60)44-41(30)47-45(33)59-56-49(47)51-50-48-46(40(28)43(31)54(50)58(60)55(44)51)42(29)53(52(48)56)57(34)63(59,61)62(61,18-12-10-6-2)39-17-15-36(8-4)65-39/h14-17,19-20,22-23,25,27,37,58H,5-13,18,21,24,26H2,1-4H3. The second-order valence-electron chi connectivity index (χ2n) is 23.0. The summed E-state index contributed by atoms with van der Waals surface area (Å²) in [7, 11) is 0. The van der Waals surface area contributed by atoms with Gasteiger partial charge in [-0.15, -0.1) is 22.7 Å². The first-order chi connectivity index (χ1) is 32.0. The van der Waals surface area contributed by atoms with Crippen LogP contribution in [0.5, 0.6) is 0 Å². The molecule has 1 saturated carbocycles. The summed E-state index contributed by atoms with van der Waals surface area (Å²) < 4.78 is 0. The van der Waals surface area contributed by atoms with Crippen LogP contribution < -0.4 is 5.22 Å². The van der Waals surface area contributed by atoms with E-state index in [0.717, 1.165) is 25.7 Å². The van der Waals surface area contributed by atoms with Gasteiger partial charge in [0, 0.05) is 53.0 Å². The molecule has 314 valence electrons. The molecule has 0 nitrogen and oxygen atoms in total. The molecule has 1 fully saturated rings. The molecule has 65 heavy (non-hydrogen) atoms. The Balaban J connectivity index is 1.05. The van der Waals surface area contributed by atoms with E-state index in [2.05, 4.69) is 111 Å². The van der Waals surface area contributed by atoms with Gasteiger partial charge in [-0.25, -0.2) is 0 Å². The molecule has 0 amide bonds. The largest absolute Gasteiger partial charge is 0.145 e. The average Bonchev–Trinajstić information content (AvgIpc) is 4.15. The third-order valence-corrected chi connectivity index (χ3v) is 23.8. The molecule has 2 aromatic heterocycles. The molecule has 2 heteroatoms. The van der Waals surface area contributed by atoms with Gasteiger partial charge < -0.3 is 0 Å². The van der Waals surface area contributed by atoms with Gasteiger partial charge in [-0.3, -0.25) is 0 Å². The zero-order chi connectivity index (χ0) is 42.2. The predicted molar refractivity (Wildman–Crippen MR) is 278 cm³/mol. The number of thiophene rings is 2. The maximum atomic E-state index is 3.02. The zero-order valence-corrected chi connectivity index (χ0v) is 39.6. The molecule has 0 radical (unpaired) electrons. The van der Waals surface area contributed by atoms with Gasteiger partial charge in [-0.05, 0) is 223 Å². The topological polar surface area (TPSA) is 0 Å². The Bertz CT molecular complexity index is 4240. The highest BCUT2D eigenvalue weighted by molar-refractivity contribution is 7.12. The van der Waals surface area contributed by atoms with Gasteiger partial charge in [0.2, 0.25) is 0 Å². The Labute approximate surface area is 386 Å². The lowest BCUT2D eigenvalue weighted by atomic mass is 9.53. The molecule has 8 aliphatic carbocycles. The summed E-state index contributed by atoms with van der Waals surface area (Å²) in [5, 5.41) is 28.4. The first kappa shape index (κ1) is 34.5. The highest BCUT2D eigenvalue weighted by Gasteiger charge is 2.90. The highest BCUT2D eigenvalue weighted by atomic mass is 32.1. The quantitative estimate of drug-likeness (QED) is 0.0800. The number of hydrogen-bond acceptors (Lipinski definition) is 2. The van der Waals surface area contributed by atoms with E-state index in [4.69, 9.17) is 0 Å². The first-order valence-electron chi connectivity index (χ1n) is 26.0. The van der Waals surface area contributed by atoms with Crippen LogP contribution >= 0.6 is 22.7 Å². The zero-order valence-electron chi connectivity index (χ0n) is 37.9. The van der Waals surface area contributed by atoms with Crippen molar-refractivity contribution in [3.63, 3.8) is 0 Å². The summed E-state index contributed by atoms with van der Waals surface area (Å²) in [5.41, 5.74) is 15.7. The molecule has 0 saturated heterocycles. The minimum absolute atomic E-state index is 0.0130. The van der Waals surface area contributed by atoms with Crippen molar-refractivity contribution in [1.29, 1.82) is 0 Å². The fourth-order valence-corrected chi connectivity index (χ4v) is 22.1. The van der Waals surface area contributed by atoms with Gasteiger partial charge >= 0.3 is 0 Å². The smallest absolute Gasteiger partial charge is 0.0444 e. The maximum Gasteiger partial charge on any atom is 0.0444 e. The summed E-state index contributed by atoms with van der Waals surface area (Å²) >= 11 is 4.36. The summed E-state index contributed by atoms with van der Waals surface area (Å²) in [6, 6.07) is 21.3. The lowest BCUT2D eigenvalue weighted by molar-refractivity contribution is 0.244. The Hall–Kier alpha value is -4.76. The number of rotatable bonds is 13. The summed E-state index contributed by atoms with van der Waals surface area (Å²) in [4.78, 5) is 6.49. The Morgan fingerprint density at radius 3 is 2.15 bits per heavy atom. The van der Waals surface area contributed by atoms with Crippen LogP contribution in [0.25, 0.3) is 97.8 Å². The molecule has 0 bridgehead atoms. The minimum atomic E-state index is -0.0130. The van der Waals surface area contributed by atoms with Crippen LogP contribution in [0.2, 0.25) is 0 Å². The molecule has 19 rings (SSSR count). The van der Waals surface area contributed by atoms with Crippen molar-refractivity contribution in [3.05, 3.63) is 124 Å². The van der Waals surface area contributed by atoms with Crippen molar-refractivity contribution in [2.75, 3.05) is 0 Å². The minimum Gasteiger partial charge on any atom is -0.145 e. The number of benzene rings is 6. The third-order valence-electron chi connectivity index (χ3n) is 21.0. The molecule has 0 N–H and O–H groups in total. The number of allylic oxidation sites excluding steroid dienone is 2. The van der Waals surface area contributed by atoms with E-state index in [1.54, 1.807) is 145 Å². The van der Waals surface area contributed by atoms with Crippen molar-refractivity contribution in [2.45, 2.75) is 134 Å². The van der Waals surface area contributed by atoms with Crippen molar-refractivity contribution in [3.8, 4) is 0 Å². The van der Waals surface area contributed by atoms with Crippen LogP contribution in [0.4, 0.5) is 0 Å². The molecular weight excluding hydrogens is 821 g/mol. The van der Waals surface area contributed by atoms with Gasteiger partial charge in [0.15, 0.2) is 0 Å². The predicted octanol–water partition coefficient (Wildman–Crippen LogP) is 16.4. The SMILES string of the molecule is CCCCCC(c1ccc(CC)s1)C12C=C3Cc4cc5c6c7c8c9c%10c(c3c4c69)C1c1c3c(cc4cc6cc9c(c%11c6c(c43)c(c1%10)c%118)C71C(C=9)(C5)C1(CCCCC)c1ccc(CC)s1)C2. The van der Waals surface area contributed by atoms with Crippen molar-refractivity contribution >= 4 is 121 Å². The molecule has 1 spiro atoms. The lowest BCUT2D eigenvalue weighted by Gasteiger charge is -2.50. The number of hydrogen-bond donors (Lipinski definition) is 0. The van der Waals surface area contributed by atoms with Gasteiger partial charge in [0.25, 0.3) is 0 Å². The van der Waals surface area contributed by atoms with Crippen LogP contribution in [0.3, 0.4) is 0 Å². The van der Waals surface area contributed by atoms with Crippen molar-refractivity contribution < 1.29 is 0 Å². The van der Waals surface area contributed by atoms with Crippen LogP contribution in [-0.2, 0) is 42.9 Å². The van der Waals surface area contributed by atoms with E-state index in [-0.39, 0.29) is 21.7 Å². The van der Waals surface area contributed by atoms with Crippen molar-refractivity contribution in [2.24, 2.45) is 10.8 Å². The molecule has 9 aromatic carbocycles. The molecule has 0 aliphatic heterocycles. The molecule has 11 aromatic rings. The Morgan fingerprint density at radius 2 is 1.31 bits per heavy atom. The second kappa shape index (κ2) is 10.2. The average molecular weight is 871 g/mol. The Morgan fingerprint density at radius 1 is 0.585 bits per heavy atom. The van der Waals surface area contributed by atoms with Gasteiger partial charge in [0.05, 0.1) is 0 Å². The van der Waals surface area contributed by atoms with E-state index < -0.39 is 0 Å². The second-order valence-corrected chi connectivity index (χ2v) is 25.4. The highest BCUT2D eigenvalue weighted by Crippen LogP contribution is 2.91. The van der Waals surface area contributed by atoms with E-state index in [1.807, 2.05) is 5.56 Å². The monoisotopic (exact) mass is 870 g/mol. The van der Waals surface area contributed by atoms with Crippen LogP contribution in [0.1, 0.15) is 155 Å². The molecular formula is C63H50S2. The molecule has 6 atom stereocenters. The van der Waals surface area contributed by atoms with Gasteiger partial charge in [0.1, 0.15) is 0 Å². The van der Waals surface area contributed by atoms with E-state index >= 15 is 0 Å². The summed E-state index contributed by atoms with van der Waals surface area (Å²) in [6.45, 7) is 9.57. The summed E-state index contributed by atoms with van der Waals surface area (Å²) in [5.74, 6) is 0.913. The van der Waals surface area contributed by atoms with Gasteiger partial charge in [-0.2, -0.15) is 0 Å². The fourth-order valence-electron chi connectivity index (χ4n) is 19.6. The van der Waals surface area contributed by atoms with Crippen molar-refractivity contribution in [1.82, 2.24) is 0 Å². The third kappa shape index (κ3) is 2.98. The Kier molecular flexibility index (Phi) is 5.43. The normalized spacial score (nSPS) is 27.8. The molecule has 6 unspecified atom stereocenters. The van der Waals surface area contributed by atoms with E-state index in [1.165, 1.54) is 68.6 Å². The van der Waals surface area contributed by atoms with Gasteiger partial charge in [-0.1, -0.05) is 90.5 Å². The lowest BCUT2D eigenvalue weighted by Crippen LogP contribution is -2.40. The first-order valence-corrected chi connectivity index (χ1v) is 27.6. The summed E-state index contributed by atoms with van der Waals surface area (Å²) in [6.07, 6.45) is 22.1. The van der Waals surface area contributed by atoms with E-state index in [9.17, 15) is 0 Å². The number of unbranched alkanes of at least 4 members (excludes halogenated alkanes) is 4. The fraction of sp³-hybridized carbons (Fsp3) is 0.365. The van der Waals surface area contributed by atoms with E-state index in [0.29, 0.717) is 11.8 Å².